The molecule has 7 nitrogen and oxygen atoms in total. The highest BCUT2D eigenvalue weighted by Crippen LogP contribution is 2.49. The fraction of sp³-hybridized carbons (Fsp3) is 0.290. The van der Waals surface area contributed by atoms with Crippen molar-refractivity contribution >= 4 is 27.1 Å². The molecule has 0 unspecified atom stereocenters. The van der Waals surface area contributed by atoms with Crippen LogP contribution in [0.5, 0.6) is 5.19 Å². The molecule has 4 aromatic rings. The smallest absolute Gasteiger partial charge is 0.416 e. The van der Waals surface area contributed by atoms with Crippen molar-refractivity contribution in [3.8, 4) is 16.5 Å². The van der Waals surface area contributed by atoms with Crippen molar-refractivity contribution in [3.05, 3.63) is 99.9 Å². The molecule has 1 amide bonds. The van der Waals surface area contributed by atoms with Gasteiger partial charge in [0.2, 0.25) is 0 Å². The second-order valence-corrected chi connectivity index (χ2v) is 13.5. The third-order valence-electron chi connectivity index (χ3n) is 7.16. The number of aliphatic hydroxyl groups excluding tert-OH is 1. The van der Waals surface area contributed by atoms with Crippen LogP contribution in [0.15, 0.2) is 77.7 Å². The van der Waals surface area contributed by atoms with Gasteiger partial charge in [-0.2, -0.15) is 13.2 Å². The highest BCUT2D eigenvalue weighted by molar-refractivity contribution is 7.91. The molecular formula is C31H29F3N2O5S2. The normalized spacial score (nSPS) is 14.3. The Morgan fingerprint density at radius 3 is 2.26 bits per heavy atom. The first kappa shape index (κ1) is 30.7. The van der Waals surface area contributed by atoms with Gasteiger partial charge in [-0.05, 0) is 66.3 Å². The molecule has 5 rings (SSSR count). The van der Waals surface area contributed by atoms with E-state index < -0.39 is 33.5 Å². The maximum atomic E-state index is 13.0. The summed E-state index contributed by atoms with van der Waals surface area (Å²) in [5.41, 5.74) is 2.36. The Hall–Kier alpha value is -3.74. The lowest BCUT2D eigenvalue weighted by Gasteiger charge is -2.17. The first-order valence-corrected chi connectivity index (χ1v) is 16.1. The summed E-state index contributed by atoms with van der Waals surface area (Å²) in [4.78, 5) is 18.9. The average molecular weight is 631 g/mol. The molecule has 43 heavy (non-hydrogen) atoms. The lowest BCUT2D eigenvalue weighted by atomic mass is 10.0. The summed E-state index contributed by atoms with van der Waals surface area (Å²) in [6.45, 7) is 1.27. The number of rotatable bonds is 11. The first-order valence-electron chi connectivity index (χ1n) is 13.6. The number of amides is 1. The van der Waals surface area contributed by atoms with E-state index in [1.807, 2.05) is 0 Å². The van der Waals surface area contributed by atoms with Crippen LogP contribution in [0, 0.1) is 0 Å². The van der Waals surface area contributed by atoms with Gasteiger partial charge in [0.1, 0.15) is 6.61 Å². The highest BCUT2D eigenvalue weighted by Gasteiger charge is 2.31. The monoisotopic (exact) mass is 630 g/mol. The van der Waals surface area contributed by atoms with E-state index in [2.05, 4.69) is 10.3 Å². The number of aliphatic hydroxyl groups is 1. The van der Waals surface area contributed by atoms with Crippen LogP contribution in [0.4, 0.5) is 13.2 Å². The van der Waals surface area contributed by atoms with Crippen LogP contribution in [-0.2, 0) is 22.6 Å². The van der Waals surface area contributed by atoms with Crippen molar-refractivity contribution in [2.24, 2.45) is 0 Å². The first-order chi connectivity index (χ1) is 20.5. The number of halogens is 3. The number of thiazole rings is 1. The largest absolute Gasteiger partial charge is 0.465 e. The summed E-state index contributed by atoms with van der Waals surface area (Å²) in [5.74, 6) is -0.0668. The van der Waals surface area contributed by atoms with Crippen molar-refractivity contribution in [3.63, 3.8) is 0 Å². The number of hydrogen-bond acceptors (Lipinski definition) is 7. The van der Waals surface area contributed by atoms with E-state index in [1.54, 1.807) is 43.3 Å². The molecule has 226 valence electrons. The van der Waals surface area contributed by atoms with Gasteiger partial charge in [0.15, 0.2) is 9.84 Å². The molecule has 1 aliphatic rings. The summed E-state index contributed by atoms with van der Waals surface area (Å²) >= 11 is 1.42. The molecule has 12 heteroatoms. The number of alkyl halides is 3. The Kier molecular flexibility index (Phi) is 8.91. The van der Waals surface area contributed by atoms with Crippen molar-refractivity contribution in [2.45, 2.75) is 49.4 Å². The van der Waals surface area contributed by atoms with E-state index in [0.717, 1.165) is 41.1 Å². The van der Waals surface area contributed by atoms with E-state index in [4.69, 9.17) is 4.74 Å². The lowest BCUT2D eigenvalue weighted by Crippen LogP contribution is -2.30. The van der Waals surface area contributed by atoms with Crippen LogP contribution >= 0.6 is 11.3 Å². The quantitative estimate of drug-likeness (QED) is 0.195. The zero-order chi connectivity index (χ0) is 30.8. The molecule has 2 N–H and O–H groups in total. The molecule has 1 fully saturated rings. The van der Waals surface area contributed by atoms with E-state index >= 15 is 0 Å². The lowest BCUT2D eigenvalue weighted by molar-refractivity contribution is -0.137. The number of aromatic nitrogens is 1. The number of carbonyl (C=O) groups excluding carboxylic acids is 1. The van der Waals surface area contributed by atoms with Crippen molar-refractivity contribution in [2.75, 3.05) is 12.4 Å². The number of benzene rings is 3. The summed E-state index contributed by atoms with van der Waals surface area (Å²) in [6.07, 6.45) is -2.34. The molecule has 0 spiro atoms. The number of nitrogens with one attached hydrogen (secondary N) is 1. The van der Waals surface area contributed by atoms with Gasteiger partial charge in [-0.25, -0.2) is 13.4 Å². The van der Waals surface area contributed by atoms with Crippen molar-refractivity contribution in [1.29, 1.82) is 0 Å². The number of carbonyl (C=O) groups is 1. The molecule has 0 saturated heterocycles. The minimum Gasteiger partial charge on any atom is -0.465 e. The predicted octanol–water partition coefficient (Wildman–Crippen LogP) is 6.54. The van der Waals surface area contributed by atoms with Gasteiger partial charge in [0.05, 0.1) is 34.6 Å². The van der Waals surface area contributed by atoms with E-state index in [0.29, 0.717) is 27.8 Å². The summed E-state index contributed by atoms with van der Waals surface area (Å²) in [7, 11) is -3.36. The maximum absolute atomic E-state index is 13.0. The predicted molar refractivity (Wildman–Crippen MR) is 157 cm³/mol. The minimum atomic E-state index is -4.40. The molecule has 1 heterocycles. The summed E-state index contributed by atoms with van der Waals surface area (Å²) < 4.78 is 68.5. The van der Waals surface area contributed by atoms with Crippen LogP contribution in [0.1, 0.15) is 63.7 Å². The molecule has 0 aliphatic heterocycles. The number of sulfone groups is 1. The molecule has 1 aliphatic carbocycles. The van der Waals surface area contributed by atoms with Gasteiger partial charge in [-0.3, -0.25) is 4.79 Å². The Balaban J connectivity index is 1.26. The van der Waals surface area contributed by atoms with Gasteiger partial charge in [0, 0.05) is 16.0 Å². The van der Waals surface area contributed by atoms with Crippen LogP contribution in [0.3, 0.4) is 0 Å². The van der Waals surface area contributed by atoms with Crippen molar-refractivity contribution in [1.82, 2.24) is 10.3 Å². The van der Waals surface area contributed by atoms with E-state index in [1.165, 1.54) is 35.6 Å². The zero-order valence-corrected chi connectivity index (χ0v) is 24.7. The van der Waals surface area contributed by atoms with Crippen LogP contribution in [-0.4, -0.2) is 36.8 Å². The standard InChI is InChI=1S/C31H29F3N2O5S2/c1-2-43(39,40)25-15-11-20(12-16-25)26(17-37)35-29(38)23-9-5-21(6-10-23)27-28(22-7-8-22)42-30(36-27)41-18-19-3-13-24(14-4-19)31(32,33)34/h3-6,9-16,22,26,37H,2,7-8,17-18H2,1H3,(H,35,38)/t26-/m0/s1. The summed E-state index contributed by atoms with van der Waals surface area (Å²) in [6, 6.07) is 17.1. The molecule has 0 bridgehead atoms. The number of nitrogens with zero attached hydrogens (tertiary/aromatic N) is 1. The maximum Gasteiger partial charge on any atom is 0.416 e. The molecule has 1 aromatic heterocycles. The second kappa shape index (κ2) is 12.5. The van der Waals surface area contributed by atoms with Crippen LogP contribution < -0.4 is 10.1 Å². The Bertz CT molecular complexity index is 1680. The second-order valence-electron chi connectivity index (χ2n) is 10.2. The van der Waals surface area contributed by atoms with Gasteiger partial charge in [-0.15, -0.1) is 0 Å². The molecule has 1 saturated carbocycles. The van der Waals surface area contributed by atoms with Gasteiger partial charge in [-0.1, -0.05) is 54.7 Å². The third kappa shape index (κ3) is 7.26. The Morgan fingerprint density at radius 1 is 1.05 bits per heavy atom. The van der Waals surface area contributed by atoms with Gasteiger partial charge in [0.25, 0.3) is 11.1 Å². The van der Waals surface area contributed by atoms with Gasteiger partial charge >= 0.3 is 6.18 Å². The zero-order valence-electron chi connectivity index (χ0n) is 23.1. The van der Waals surface area contributed by atoms with E-state index in [-0.39, 0.29) is 23.9 Å². The van der Waals surface area contributed by atoms with Crippen LogP contribution in [0.25, 0.3) is 11.3 Å². The minimum absolute atomic E-state index is 0.0252. The SMILES string of the molecule is CCS(=O)(=O)c1ccc([C@H](CO)NC(=O)c2ccc(-c3nc(OCc4ccc(C(F)(F)F)cc4)sc3C3CC3)cc2)cc1. The van der Waals surface area contributed by atoms with Crippen LogP contribution in [0.2, 0.25) is 0 Å². The summed E-state index contributed by atoms with van der Waals surface area (Å²) in [5, 5.41) is 13.1. The van der Waals surface area contributed by atoms with Gasteiger partial charge < -0.3 is 15.2 Å². The average Bonchev–Trinajstić information content (AvgIpc) is 3.77. The Morgan fingerprint density at radius 2 is 1.70 bits per heavy atom. The fourth-order valence-corrected chi connectivity index (χ4v) is 6.46. The fourth-order valence-electron chi connectivity index (χ4n) is 4.47. The Labute approximate surface area is 251 Å². The van der Waals surface area contributed by atoms with E-state index in [9.17, 15) is 31.5 Å². The number of ether oxygens (including phenoxy) is 1. The highest BCUT2D eigenvalue weighted by atomic mass is 32.2. The van der Waals surface area contributed by atoms with Crippen molar-refractivity contribution < 1.29 is 36.2 Å². The molecule has 3 aromatic carbocycles. The molecule has 0 radical (unpaired) electrons. The third-order valence-corrected chi connectivity index (χ3v) is 10.0. The molecular weight excluding hydrogens is 601 g/mol. The topological polar surface area (TPSA) is 106 Å². The molecule has 1 atom stereocenters. The number of hydrogen-bond donors (Lipinski definition) is 2.